The molecule has 11 heteroatoms. The Morgan fingerprint density at radius 1 is 1.13 bits per heavy atom. The van der Waals surface area contributed by atoms with Crippen LogP contribution in [0.3, 0.4) is 0 Å². The molecular formula is C20H25ClN8O2. The van der Waals surface area contributed by atoms with Gasteiger partial charge in [0.1, 0.15) is 10.8 Å². The predicted octanol–water partition coefficient (Wildman–Crippen LogP) is 2.01. The number of anilines is 1. The number of carbonyl (C=O) groups is 1. The molecule has 0 atom stereocenters. The summed E-state index contributed by atoms with van der Waals surface area (Å²) in [6, 6.07) is 7.05. The Labute approximate surface area is 185 Å². The van der Waals surface area contributed by atoms with Crippen LogP contribution in [0.5, 0.6) is 0 Å². The Hall–Kier alpha value is -2.95. The van der Waals surface area contributed by atoms with Gasteiger partial charge in [0, 0.05) is 12.7 Å². The molecule has 1 amide bonds. The molecule has 0 aromatic carbocycles. The number of ether oxygens (including phenoxy) is 1. The quantitative estimate of drug-likeness (QED) is 0.247. The monoisotopic (exact) mass is 444 g/mol. The van der Waals surface area contributed by atoms with Gasteiger partial charge in [-0.1, -0.05) is 22.9 Å². The van der Waals surface area contributed by atoms with E-state index in [1.54, 1.807) is 24.4 Å². The van der Waals surface area contributed by atoms with Gasteiger partial charge in [-0.05, 0) is 50.1 Å². The smallest absolute Gasteiger partial charge is 0.230 e. The van der Waals surface area contributed by atoms with E-state index in [2.05, 4.69) is 36.1 Å². The summed E-state index contributed by atoms with van der Waals surface area (Å²) < 4.78 is 7.18. The highest BCUT2D eigenvalue weighted by Gasteiger charge is 2.07. The van der Waals surface area contributed by atoms with Crippen molar-refractivity contribution in [3.05, 3.63) is 58.8 Å². The SMILES string of the molecule is CNCOCc1cn(CCCCc2ccc(NC(=O)Cc3ccc(Cl)nc3)nn2)nn1. The van der Waals surface area contributed by atoms with Gasteiger partial charge in [0.15, 0.2) is 5.82 Å². The summed E-state index contributed by atoms with van der Waals surface area (Å²) in [5, 5.41) is 22.5. The molecule has 2 N–H and O–H groups in total. The fourth-order valence-corrected chi connectivity index (χ4v) is 2.91. The molecule has 0 aliphatic carbocycles. The Morgan fingerprint density at radius 2 is 2.03 bits per heavy atom. The second kappa shape index (κ2) is 12.0. The summed E-state index contributed by atoms with van der Waals surface area (Å²) in [5.74, 6) is 0.237. The average Bonchev–Trinajstić information content (AvgIpc) is 3.22. The molecule has 164 valence electrons. The summed E-state index contributed by atoms with van der Waals surface area (Å²) in [6.45, 7) is 1.70. The van der Waals surface area contributed by atoms with E-state index in [0.717, 1.165) is 42.8 Å². The molecule has 0 unspecified atom stereocenters. The van der Waals surface area contributed by atoms with Crippen molar-refractivity contribution in [2.75, 3.05) is 19.1 Å². The number of carbonyl (C=O) groups excluding carboxylic acids is 1. The van der Waals surface area contributed by atoms with Crippen molar-refractivity contribution >= 4 is 23.3 Å². The third-order valence-electron chi connectivity index (χ3n) is 4.29. The van der Waals surface area contributed by atoms with Crippen LogP contribution < -0.4 is 10.6 Å². The van der Waals surface area contributed by atoms with E-state index >= 15 is 0 Å². The third kappa shape index (κ3) is 8.00. The van der Waals surface area contributed by atoms with E-state index in [1.807, 2.05) is 24.0 Å². The van der Waals surface area contributed by atoms with Gasteiger partial charge in [-0.2, -0.15) is 5.10 Å². The maximum absolute atomic E-state index is 12.1. The van der Waals surface area contributed by atoms with Crippen molar-refractivity contribution in [1.29, 1.82) is 0 Å². The number of aromatic nitrogens is 6. The van der Waals surface area contributed by atoms with Gasteiger partial charge in [-0.15, -0.1) is 10.2 Å². The van der Waals surface area contributed by atoms with Crippen LogP contribution in [-0.2, 0) is 35.5 Å². The second-order valence-electron chi connectivity index (χ2n) is 6.90. The van der Waals surface area contributed by atoms with Gasteiger partial charge < -0.3 is 10.1 Å². The van der Waals surface area contributed by atoms with E-state index in [0.29, 0.717) is 24.3 Å². The van der Waals surface area contributed by atoms with E-state index < -0.39 is 0 Å². The van der Waals surface area contributed by atoms with E-state index in [9.17, 15) is 4.79 Å². The van der Waals surface area contributed by atoms with Gasteiger partial charge in [0.2, 0.25) is 5.91 Å². The molecule has 3 aromatic rings. The van der Waals surface area contributed by atoms with Gasteiger partial charge in [-0.3, -0.25) is 14.8 Å². The van der Waals surface area contributed by atoms with Crippen LogP contribution in [0.2, 0.25) is 5.15 Å². The first-order valence-electron chi connectivity index (χ1n) is 9.96. The maximum atomic E-state index is 12.1. The first kappa shape index (κ1) is 22.7. The van der Waals surface area contributed by atoms with Crippen molar-refractivity contribution < 1.29 is 9.53 Å². The number of hydrogen-bond acceptors (Lipinski definition) is 8. The van der Waals surface area contributed by atoms with Crippen LogP contribution >= 0.6 is 11.6 Å². The lowest BCUT2D eigenvalue weighted by molar-refractivity contribution is -0.115. The lowest BCUT2D eigenvalue weighted by Crippen LogP contribution is -2.16. The number of nitrogens with one attached hydrogen (secondary N) is 2. The fraction of sp³-hybridized carbons (Fsp3) is 0.400. The molecule has 0 saturated carbocycles. The molecule has 0 spiro atoms. The second-order valence-corrected chi connectivity index (χ2v) is 7.29. The molecule has 31 heavy (non-hydrogen) atoms. The molecule has 0 aliphatic heterocycles. The zero-order valence-electron chi connectivity index (χ0n) is 17.3. The molecule has 3 rings (SSSR count). The average molecular weight is 445 g/mol. The number of amides is 1. The van der Waals surface area contributed by atoms with Crippen molar-refractivity contribution in [3.63, 3.8) is 0 Å². The topological polar surface area (TPSA) is 120 Å². The van der Waals surface area contributed by atoms with E-state index in [4.69, 9.17) is 16.3 Å². The molecule has 0 saturated heterocycles. The number of rotatable bonds is 12. The number of nitrogens with zero attached hydrogens (tertiary/aromatic N) is 6. The Kier molecular flexibility index (Phi) is 8.83. The molecule has 3 heterocycles. The molecular weight excluding hydrogens is 420 g/mol. The maximum Gasteiger partial charge on any atom is 0.230 e. The molecule has 3 aromatic heterocycles. The lowest BCUT2D eigenvalue weighted by Gasteiger charge is -2.05. The highest BCUT2D eigenvalue weighted by atomic mass is 35.5. The van der Waals surface area contributed by atoms with Crippen molar-refractivity contribution in [1.82, 2.24) is 35.5 Å². The Balaban J connectivity index is 1.35. The van der Waals surface area contributed by atoms with Gasteiger partial charge in [-0.25, -0.2) is 4.98 Å². The van der Waals surface area contributed by atoms with Crippen LogP contribution in [0, 0.1) is 0 Å². The summed E-state index contributed by atoms with van der Waals surface area (Å²) in [7, 11) is 1.83. The Bertz CT molecular complexity index is 947. The first-order chi connectivity index (χ1) is 15.1. The van der Waals surface area contributed by atoms with Gasteiger partial charge in [0.05, 0.1) is 31.6 Å². The molecule has 10 nitrogen and oxygen atoms in total. The van der Waals surface area contributed by atoms with Crippen LogP contribution in [0.15, 0.2) is 36.7 Å². The zero-order valence-corrected chi connectivity index (χ0v) is 18.0. The molecule has 0 fully saturated rings. The van der Waals surface area contributed by atoms with E-state index in [-0.39, 0.29) is 12.3 Å². The standard InChI is InChI=1S/C20H25ClN8O2/c1-22-14-31-13-17-12-29(28-26-17)9-3-2-4-16-6-8-19(27-25-16)24-20(30)10-15-5-7-18(21)23-11-15/h5-8,11-12,22H,2-4,9-10,13-14H2,1H3,(H,24,27,30). The van der Waals surface area contributed by atoms with Crippen LogP contribution in [-0.4, -0.2) is 49.9 Å². The highest BCUT2D eigenvalue weighted by molar-refractivity contribution is 6.29. The minimum Gasteiger partial charge on any atom is -0.360 e. The summed E-state index contributed by atoms with van der Waals surface area (Å²) in [6.07, 6.45) is 6.34. The zero-order chi connectivity index (χ0) is 21.9. The minimum absolute atomic E-state index is 0.185. The highest BCUT2D eigenvalue weighted by Crippen LogP contribution is 2.09. The van der Waals surface area contributed by atoms with Crippen LogP contribution in [0.25, 0.3) is 0 Å². The fourth-order valence-electron chi connectivity index (χ4n) is 2.79. The molecule has 0 radical (unpaired) electrons. The van der Waals surface area contributed by atoms with E-state index in [1.165, 1.54) is 0 Å². The number of hydrogen-bond donors (Lipinski definition) is 2. The van der Waals surface area contributed by atoms with Crippen molar-refractivity contribution in [2.45, 2.75) is 38.8 Å². The van der Waals surface area contributed by atoms with Crippen LogP contribution in [0.4, 0.5) is 5.82 Å². The van der Waals surface area contributed by atoms with Gasteiger partial charge in [0.25, 0.3) is 0 Å². The normalized spacial score (nSPS) is 10.9. The largest absolute Gasteiger partial charge is 0.360 e. The number of unbranched alkanes of at least 4 members (excludes halogenated alkanes) is 1. The molecule has 0 aliphatic rings. The minimum atomic E-state index is -0.185. The summed E-state index contributed by atoms with van der Waals surface area (Å²) >= 11 is 5.75. The first-order valence-corrected chi connectivity index (χ1v) is 10.3. The number of halogens is 1. The summed E-state index contributed by atoms with van der Waals surface area (Å²) in [5.41, 5.74) is 2.46. The lowest BCUT2D eigenvalue weighted by atomic mass is 10.2. The Morgan fingerprint density at radius 3 is 2.77 bits per heavy atom. The van der Waals surface area contributed by atoms with Crippen LogP contribution in [0.1, 0.15) is 29.8 Å². The summed E-state index contributed by atoms with van der Waals surface area (Å²) in [4.78, 5) is 16.1. The van der Waals surface area contributed by atoms with Crippen molar-refractivity contribution in [2.24, 2.45) is 0 Å². The predicted molar refractivity (Wildman–Crippen MR) is 115 cm³/mol. The van der Waals surface area contributed by atoms with Gasteiger partial charge >= 0.3 is 0 Å². The van der Waals surface area contributed by atoms with Crippen molar-refractivity contribution in [3.8, 4) is 0 Å². The third-order valence-corrected chi connectivity index (χ3v) is 4.52. The number of pyridine rings is 1. The number of aryl methyl sites for hydroxylation is 2. The molecule has 0 bridgehead atoms.